The van der Waals surface area contributed by atoms with Crippen LogP contribution in [0.2, 0.25) is 0 Å². The number of alkyl halides is 3. The number of carboxylic acid groups (broad SMARTS) is 1. The molecule has 0 aromatic rings. The van der Waals surface area contributed by atoms with E-state index in [1.165, 1.54) is 4.90 Å². The summed E-state index contributed by atoms with van der Waals surface area (Å²) in [5.74, 6) is -2.71. The number of amides is 1. The van der Waals surface area contributed by atoms with Crippen LogP contribution in [-0.2, 0) is 9.59 Å². The van der Waals surface area contributed by atoms with Gasteiger partial charge in [-0.25, -0.2) is 0 Å². The molecule has 0 aromatic carbocycles. The summed E-state index contributed by atoms with van der Waals surface area (Å²) in [5.41, 5.74) is 0. The molecular formula is C14H22F3NO3. The number of hydrogen-bond donors (Lipinski definition) is 1. The Balaban J connectivity index is 2.50. The first-order valence-corrected chi connectivity index (χ1v) is 7.19. The van der Waals surface area contributed by atoms with Gasteiger partial charge in [0.1, 0.15) is 6.54 Å². The fourth-order valence-corrected chi connectivity index (χ4v) is 2.76. The lowest BCUT2D eigenvalue weighted by molar-refractivity contribution is -0.184. The molecule has 4 nitrogen and oxygen atoms in total. The number of rotatable bonds is 5. The van der Waals surface area contributed by atoms with Crippen molar-refractivity contribution in [3.8, 4) is 0 Å². The first-order valence-electron chi connectivity index (χ1n) is 7.19. The molecule has 0 radical (unpaired) electrons. The summed E-state index contributed by atoms with van der Waals surface area (Å²) < 4.78 is 37.7. The summed E-state index contributed by atoms with van der Waals surface area (Å²) >= 11 is 0. The van der Waals surface area contributed by atoms with Gasteiger partial charge < -0.3 is 10.0 Å². The smallest absolute Gasteiger partial charge is 0.391 e. The second-order valence-corrected chi connectivity index (χ2v) is 5.97. The molecule has 122 valence electrons. The maximum Gasteiger partial charge on any atom is 0.391 e. The first-order chi connectivity index (χ1) is 9.61. The number of hydrogen-bond acceptors (Lipinski definition) is 2. The molecular weight excluding hydrogens is 287 g/mol. The van der Waals surface area contributed by atoms with Crippen molar-refractivity contribution in [1.82, 2.24) is 4.90 Å². The molecule has 1 aliphatic carbocycles. The maximum absolute atomic E-state index is 12.6. The van der Waals surface area contributed by atoms with Crippen molar-refractivity contribution in [2.24, 2.45) is 11.8 Å². The van der Waals surface area contributed by atoms with Crippen LogP contribution < -0.4 is 0 Å². The van der Waals surface area contributed by atoms with E-state index >= 15 is 0 Å². The Labute approximate surface area is 122 Å². The molecule has 0 aliphatic heterocycles. The van der Waals surface area contributed by atoms with Crippen LogP contribution in [0.5, 0.6) is 0 Å². The zero-order valence-corrected chi connectivity index (χ0v) is 12.3. The molecule has 7 heteroatoms. The number of halogens is 3. The van der Waals surface area contributed by atoms with Crippen LogP contribution in [0.25, 0.3) is 0 Å². The van der Waals surface area contributed by atoms with Gasteiger partial charge in [0.25, 0.3) is 0 Å². The highest BCUT2D eigenvalue weighted by Crippen LogP contribution is 2.40. The minimum Gasteiger partial charge on any atom is -0.480 e. The Morgan fingerprint density at radius 1 is 1.19 bits per heavy atom. The molecule has 1 N–H and O–H groups in total. The Morgan fingerprint density at radius 3 is 2.10 bits per heavy atom. The van der Waals surface area contributed by atoms with Crippen molar-refractivity contribution >= 4 is 11.9 Å². The van der Waals surface area contributed by atoms with E-state index in [-0.39, 0.29) is 43.7 Å². The van der Waals surface area contributed by atoms with Crippen molar-refractivity contribution in [2.75, 3.05) is 6.54 Å². The lowest BCUT2D eigenvalue weighted by atomic mass is 9.80. The molecule has 21 heavy (non-hydrogen) atoms. The van der Waals surface area contributed by atoms with Crippen molar-refractivity contribution in [3.63, 3.8) is 0 Å². The molecule has 1 amide bonds. The third-order valence-electron chi connectivity index (χ3n) is 4.02. The normalized spacial score (nSPS) is 23.1. The van der Waals surface area contributed by atoms with E-state index in [9.17, 15) is 22.8 Å². The SMILES string of the molecule is CC(C)N(CC(=O)O)C(=O)CC1CCC(C(F)(F)F)CC1. The summed E-state index contributed by atoms with van der Waals surface area (Å²) in [6, 6.07) is -0.236. The molecule has 0 unspecified atom stereocenters. The molecule has 1 aliphatic rings. The van der Waals surface area contributed by atoms with E-state index in [0.717, 1.165) is 0 Å². The zero-order valence-electron chi connectivity index (χ0n) is 12.3. The first kappa shape index (κ1) is 17.8. The molecule has 0 spiro atoms. The molecule has 0 heterocycles. The average molecular weight is 309 g/mol. The van der Waals surface area contributed by atoms with Crippen LogP contribution >= 0.6 is 0 Å². The van der Waals surface area contributed by atoms with Gasteiger partial charge in [0, 0.05) is 12.5 Å². The van der Waals surface area contributed by atoms with Crippen LogP contribution in [-0.4, -0.2) is 40.6 Å². The van der Waals surface area contributed by atoms with Gasteiger partial charge in [-0.05, 0) is 45.4 Å². The Morgan fingerprint density at radius 2 is 1.71 bits per heavy atom. The molecule has 0 bridgehead atoms. The van der Waals surface area contributed by atoms with E-state index in [1.807, 2.05) is 0 Å². The van der Waals surface area contributed by atoms with E-state index in [1.54, 1.807) is 13.8 Å². The predicted octanol–water partition coefficient (Wildman–Crippen LogP) is 3.07. The molecule has 0 atom stereocenters. The van der Waals surface area contributed by atoms with Gasteiger partial charge in [0.05, 0.1) is 5.92 Å². The van der Waals surface area contributed by atoms with Gasteiger partial charge in [0.2, 0.25) is 5.91 Å². The van der Waals surface area contributed by atoms with Gasteiger partial charge in [-0.1, -0.05) is 0 Å². The number of carboxylic acids is 1. The van der Waals surface area contributed by atoms with Gasteiger partial charge >= 0.3 is 12.1 Å². The number of aliphatic carboxylic acids is 1. The standard InChI is InChI=1S/C14H22F3NO3/c1-9(2)18(8-13(20)21)12(19)7-10-3-5-11(6-4-10)14(15,16)17/h9-11H,3-8H2,1-2H3,(H,20,21). The van der Waals surface area contributed by atoms with Crippen molar-refractivity contribution in [1.29, 1.82) is 0 Å². The highest BCUT2D eigenvalue weighted by atomic mass is 19.4. The molecule has 1 rings (SSSR count). The van der Waals surface area contributed by atoms with Crippen molar-refractivity contribution in [3.05, 3.63) is 0 Å². The molecule has 1 fully saturated rings. The maximum atomic E-state index is 12.6. The topological polar surface area (TPSA) is 57.6 Å². The Bertz CT molecular complexity index is 374. The summed E-state index contributed by atoms with van der Waals surface area (Å²) in [5, 5.41) is 8.79. The Kier molecular flexibility index (Phi) is 6.04. The number of carbonyl (C=O) groups excluding carboxylic acids is 1. The summed E-state index contributed by atoms with van der Waals surface area (Å²) in [4.78, 5) is 24.1. The van der Waals surface area contributed by atoms with Gasteiger partial charge in [0.15, 0.2) is 0 Å². The summed E-state index contributed by atoms with van der Waals surface area (Å²) in [7, 11) is 0. The summed E-state index contributed by atoms with van der Waals surface area (Å²) in [6.45, 7) is 3.08. The average Bonchev–Trinajstić information content (AvgIpc) is 2.34. The van der Waals surface area contributed by atoms with Gasteiger partial charge in [-0.15, -0.1) is 0 Å². The Hall–Kier alpha value is -1.27. The third kappa shape index (κ3) is 5.55. The summed E-state index contributed by atoms with van der Waals surface area (Å²) in [6.07, 6.45) is -3.16. The highest BCUT2D eigenvalue weighted by molar-refractivity contribution is 5.81. The van der Waals surface area contributed by atoms with Crippen LogP contribution in [0, 0.1) is 11.8 Å². The second kappa shape index (κ2) is 7.13. The largest absolute Gasteiger partial charge is 0.480 e. The second-order valence-electron chi connectivity index (χ2n) is 5.97. The van der Waals surface area contributed by atoms with Crippen LogP contribution in [0.15, 0.2) is 0 Å². The van der Waals surface area contributed by atoms with Gasteiger partial charge in [-0.2, -0.15) is 13.2 Å². The lowest BCUT2D eigenvalue weighted by Crippen LogP contribution is -2.41. The fourth-order valence-electron chi connectivity index (χ4n) is 2.76. The van der Waals surface area contributed by atoms with Crippen LogP contribution in [0.3, 0.4) is 0 Å². The number of carbonyl (C=O) groups is 2. The van der Waals surface area contributed by atoms with Gasteiger partial charge in [-0.3, -0.25) is 9.59 Å². The zero-order chi connectivity index (χ0) is 16.2. The minimum absolute atomic E-state index is 0.0576. The number of nitrogens with zero attached hydrogens (tertiary/aromatic N) is 1. The van der Waals surface area contributed by atoms with Crippen LogP contribution in [0.4, 0.5) is 13.2 Å². The minimum atomic E-state index is -4.15. The molecule has 0 aromatic heterocycles. The highest BCUT2D eigenvalue weighted by Gasteiger charge is 2.41. The van der Waals surface area contributed by atoms with E-state index in [4.69, 9.17) is 5.11 Å². The predicted molar refractivity (Wildman–Crippen MR) is 70.6 cm³/mol. The van der Waals surface area contributed by atoms with E-state index in [2.05, 4.69) is 0 Å². The van der Waals surface area contributed by atoms with Crippen molar-refractivity contribution < 1.29 is 27.9 Å². The third-order valence-corrected chi connectivity index (χ3v) is 4.02. The van der Waals surface area contributed by atoms with Crippen molar-refractivity contribution in [2.45, 2.75) is 58.2 Å². The van der Waals surface area contributed by atoms with E-state index < -0.39 is 18.1 Å². The van der Waals surface area contributed by atoms with E-state index in [0.29, 0.717) is 12.8 Å². The quantitative estimate of drug-likeness (QED) is 0.849. The monoisotopic (exact) mass is 309 g/mol. The molecule has 1 saturated carbocycles. The van der Waals surface area contributed by atoms with Crippen LogP contribution in [0.1, 0.15) is 46.0 Å². The fraction of sp³-hybridized carbons (Fsp3) is 0.857. The molecule has 0 saturated heterocycles. The lowest BCUT2D eigenvalue weighted by Gasteiger charge is -2.31.